The van der Waals surface area contributed by atoms with Crippen molar-refractivity contribution in [1.82, 2.24) is 10.2 Å². The van der Waals surface area contributed by atoms with Crippen LogP contribution >= 0.6 is 0 Å². The molecule has 18 heavy (non-hydrogen) atoms. The maximum Gasteiger partial charge on any atom is 0.220 e. The predicted octanol–water partition coefficient (Wildman–Crippen LogP) is 1.35. The molecule has 0 bridgehead atoms. The molecule has 0 heterocycles. The zero-order valence-electron chi connectivity index (χ0n) is 12.1. The molecule has 106 valence electrons. The van der Waals surface area contributed by atoms with Gasteiger partial charge in [-0.2, -0.15) is 0 Å². The van der Waals surface area contributed by atoms with Gasteiger partial charge in [0.25, 0.3) is 0 Å². The number of rotatable bonds is 7. The summed E-state index contributed by atoms with van der Waals surface area (Å²) < 4.78 is 0. The molecule has 1 rings (SSSR count). The van der Waals surface area contributed by atoms with Gasteiger partial charge in [-0.15, -0.1) is 0 Å². The average molecular weight is 255 g/mol. The molecule has 1 fully saturated rings. The zero-order chi connectivity index (χ0) is 13.5. The second-order valence-corrected chi connectivity index (χ2v) is 5.65. The lowest BCUT2D eigenvalue weighted by Crippen LogP contribution is -2.38. The van der Waals surface area contributed by atoms with Crippen LogP contribution in [0.2, 0.25) is 0 Å². The van der Waals surface area contributed by atoms with Crippen molar-refractivity contribution in [2.45, 2.75) is 58.0 Å². The lowest BCUT2D eigenvalue weighted by molar-refractivity contribution is -0.122. The van der Waals surface area contributed by atoms with Crippen LogP contribution in [0.25, 0.3) is 0 Å². The molecule has 4 nitrogen and oxygen atoms in total. The summed E-state index contributed by atoms with van der Waals surface area (Å²) in [5.74, 6) is 0.562. The summed E-state index contributed by atoms with van der Waals surface area (Å²) in [6, 6.07) is 0.809. The third kappa shape index (κ3) is 4.94. The Morgan fingerprint density at radius 2 is 2.22 bits per heavy atom. The first kappa shape index (κ1) is 15.4. The van der Waals surface area contributed by atoms with Crippen molar-refractivity contribution in [2.24, 2.45) is 11.7 Å². The fourth-order valence-corrected chi connectivity index (χ4v) is 2.53. The maximum absolute atomic E-state index is 11.8. The quantitative estimate of drug-likeness (QED) is 0.722. The molecule has 4 heteroatoms. The molecule has 1 aliphatic rings. The Morgan fingerprint density at radius 1 is 1.50 bits per heavy atom. The number of amides is 1. The van der Waals surface area contributed by atoms with E-state index in [4.69, 9.17) is 5.73 Å². The molecule has 0 radical (unpaired) electrons. The monoisotopic (exact) mass is 255 g/mol. The zero-order valence-corrected chi connectivity index (χ0v) is 12.1. The molecule has 0 aliphatic heterocycles. The molecule has 1 aliphatic carbocycles. The van der Waals surface area contributed by atoms with Crippen molar-refractivity contribution in [3.05, 3.63) is 0 Å². The van der Waals surface area contributed by atoms with Crippen molar-refractivity contribution in [3.63, 3.8) is 0 Å². The van der Waals surface area contributed by atoms with Crippen LogP contribution in [0.5, 0.6) is 0 Å². The van der Waals surface area contributed by atoms with Gasteiger partial charge in [-0.05, 0) is 39.2 Å². The number of nitrogens with zero attached hydrogens (tertiary/aromatic N) is 1. The van der Waals surface area contributed by atoms with E-state index in [1.165, 1.54) is 6.42 Å². The number of carbonyl (C=O) groups excluding carboxylic acids is 1. The molecule has 0 aromatic carbocycles. The normalized spacial score (nSPS) is 25.4. The van der Waals surface area contributed by atoms with Crippen LogP contribution in [0.1, 0.15) is 46.0 Å². The van der Waals surface area contributed by atoms with Crippen LogP contribution < -0.4 is 11.1 Å². The third-order valence-corrected chi connectivity index (χ3v) is 4.30. The standard InChI is InChI=1S/C14H29N3O/c1-4-11(2)17(3)9-8-16-14(18)10-12-6-5-7-13(12)15/h11-13H,4-10,15H2,1-3H3,(H,16,18)/t11?,12-,13+/m0/s1. The van der Waals surface area contributed by atoms with Gasteiger partial charge in [0.2, 0.25) is 5.91 Å². The first-order valence-corrected chi connectivity index (χ1v) is 7.27. The minimum absolute atomic E-state index is 0.162. The van der Waals surface area contributed by atoms with Gasteiger partial charge >= 0.3 is 0 Å². The van der Waals surface area contributed by atoms with E-state index in [1.54, 1.807) is 0 Å². The van der Waals surface area contributed by atoms with Gasteiger partial charge in [-0.25, -0.2) is 0 Å². The summed E-state index contributed by atoms with van der Waals surface area (Å²) in [5, 5.41) is 3.00. The number of hydrogen-bond donors (Lipinski definition) is 2. The largest absolute Gasteiger partial charge is 0.355 e. The lowest BCUT2D eigenvalue weighted by Gasteiger charge is -2.23. The van der Waals surface area contributed by atoms with E-state index in [0.29, 0.717) is 18.4 Å². The van der Waals surface area contributed by atoms with Crippen LogP contribution in [-0.2, 0) is 4.79 Å². The summed E-state index contributed by atoms with van der Waals surface area (Å²) in [5.41, 5.74) is 5.97. The molecular formula is C14H29N3O. The fourth-order valence-electron chi connectivity index (χ4n) is 2.53. The van der Waals surface area contributed by atoms with Gasteiger partial charge in [0.15, 0.2) is 0 Å². The van der Waals surface area contributed by atoms with E-state index in [-0.39, 0.29) is 11.9 Å². The van der Waals surface area contributed by atoms with Crippen molar-refractivity contribution in [1.29, 1.82) is 0 Å². The van der Waals surface area contributed by atoms with E-state index in [0.717, 1.165) is 32.4 Å². The Kier molecular flexibility index (Phi) is 6.65. The molecule has 0 aromatic rings. The lowest BCUT2D eigenvalue weighted by atomic mass is 10.00. The van der Waals surface area contributed by atoms with E-state index >= 15 is 0 Å². The van der Waals surface area contributed by atoms with Crippen molar-refractivity contribution in [3.8, 4) is 0 Å². The Morgan fingerprint density at radius 3 is 2.78 bits per heavy atom. The van der Waals surface area contributed by atoms with Gasteiger partial charge in [-0.3, -0.25) is 4.79 Å². The van der Waals surface area contributed by atoms with Crippen molar-refractivity contribution >= 4 is 5.91 Å². The smallest absolute Gasteiger partial charge is 0.220 e. The number of likely N-dealkylation sites (N-methyl/N-ethyl adjacent to an activating group) is 1. The van der Waals surface area contributed by atoms with Gasteiger partial charge < -0.3 is 16.0 Å². The molecule has 1 unspecified atom stereocenters. The first-order chi connectivity index (χ1) is 8.54. The molecular weight excluding hydrogens is 226 g/mol. The number of hydrogen-bond acceptors (Lipinski definition) is 3. The van der Waals surface area contributed by atoms with Crippen molar-refractivity contribution < 1.29 is 4.79 Å². The summed E-state index contributed by atoms with van der Waals surface area (Å²) in [6.07, 6.45) is 5.11. The molecule has 1 saturated carbocycles. The van der Waals surface area contributed by atoms with E-state index in [9.17, 15) is 4.79 Å². The van der Waals surface area contributed by atoms with Gasteiger partial charge in [-0.1, -0.05) is 13.3 Å². The second-order valence-electron chi connectivity index (χ2n) is 5.65. The van der Waals surface area contributed by atoms with Crippen LogP contribution in [0.15, 0.2) is 0 Å². The van der Waals surface area contributed by atoms with E-state index < -0.39 is 0 Å². The summed E-state index contributed by atoms with van der Waals surface area (Å²) in [7, 11) is 2.10. The summed E-state index contributed by atoms with van der Waals surface area (Å²) >= 11 is 0. The Hall–Kier alpha value is -0.610. The third-order valence-electron chi connectivity index (χ3n) is 4.30. The van der Waals surface area contributed by atoms with E-state index in [1.807, 2.05) is 0 Å². The Bertz CT molecular complexity index is 257. The first-order valence-electron chi connectivity index (χ1n) is 7.27. The predicted molar refractivity (Wildman–Crippen MR) is 75.3 cm³/mol. The summed E-state index contributed by atoms with van der Waals surface area (Å²) in [6.45, 7) is 6.04. The van der Waals surface area contributed by atoms with Crippen LogP contribution in [-0.4, -0.2) is 43.0 Å². The molecule has 1 amide bonds. The molecule has 0 aromatic heterocycles. The highest BCUT2D eigenvalue weighted by molar-refractivity contribution is 5.76. The SMILES string of the molecule is CCC(C)N(C)CCNC(=O)C[C@@H]1CCC[C@H]1N. The fraction of sp³-hybridized carbons (Fsp3) is 0.929. The Labute approximate surface area is 111 Å². The maximum atomic E-state index is 11.8. The average Bonchev–Trinajstić information content (AvgIpc) is 2.73. The topological polar surface area (TPSA) is 58.4 Å². The highest BCUT2D eigenvalue weighted by Gasteiger charge is 2.25. The van der Waals surface area contributed by atoms with Crippen LogP contribution in [0.4, 0.5) is 0 Å². The highest BCUT2D eigenvalue weighted by Crippen LogP contribution is 2.26. The minimum Gasteiger partial charge on any atom is -0.355 e. The van der Waals surface area contributed by atoms with E-state index in [2.05, 4.69) is 31.1 Å². The van der Waals surface area contributed by atoms with Gasteiger partial charge in [0.1, 0.15) is 0 Å². The van der Waals surface area contributed by atoms with Crippen molar-refractivity contribution in [2.75, 3.05) is 20.1 Å². The van der Waals surface area contributed by atoms with Gasteiger partial charge in [0, 0.05) is 31.6 Å². The number of nitrogens with one attached hydrogen (secondary N) is 1. The second kappa shape index (κ2) is 7.74. The molecule has 3 N–H and O–H groups in total. The van der Waals surface area contributed by atoms with Gasteiger partial charge in [0.05, 0.1) is 0 Å². The highest BCUT2D eigenvalue weighted by atomic mass is 16.1. The summed E-state index contributed by atoms with van der Waals surface area (Å²) in [4.78, 5) is 14.1. The minimum atomic E-state index is 0.162. The Balaban J connectivity index is 2.13. The molecule has 3 atom stereocenters. The molecule has 0 saturated heterocycles. The van der Waals surface area contributed by atoms with Crippen LogP contribution in [0.3, 0.4) is 0 Å². The number of carbonyl (C=O) groups is 1. The molecule has 0 spiro atoms. The number of nitrogens with two attached hydrogens (primary N) is 1. The van der Waals surface area contributed by atoms with Crippen LogP contribution in [0, 0.1) is 5.92 Å².